The number of methoxy groups -OCH3 is 2. The molecule has 6 nitrogen and oxygen atoms in total. The molecule has 0 aliphatic carbocycles. The number of hydrogen-bond acceptors (Lipinski definition) is 6. The smallest absolute Gasteiger partial charge is 0.323 e. The van der Waals surface area contributed by atoms with E-state index in [1.165, 1.54) is 21.1 Å². The largest absolute Gasteiger partial charge is 0.462 e. The highest BCUT2D eigenvalue weighted by atomic mass is 16.6. The molecule has 0 spiro atoms. The van der Waals surface area contributed by atoms with Crippen molar-refractivity contribution in [3.05, 3.63) is 0 Å². The first kappa shape index (κ1) is 16.9. The highest BCUT2D eigenvalue weighted by molar-refractivity contribution is 5.99. The summed E-state index contributed by atoms with van der Waals surface area (Å²) in [4.78, 5) is 23.7. The fourth-order valence-corrected chi connectivity index (χ4v) is 1.13. The van der Waals surface area contributed by atoms with E-state index in [1.54, 1.807) is 6.92 Å². The van der Waals surface area contributed by atoms with Crippen molar-refractivity contribution in [2.24, 2.45) is 5.41 Å². The molecule has 106 valence electrons. The number of hydrogen-bond donors (Lipinski definition) is 0. The van der Waals surface area contributed by atoms with Crippen LogP contribution in [-0.4, -0.2) is 52.6 Å². The molecule has 0 aliphatic heterocycles. The third-order valence-electron chi connectivity index (χ3n) is 2.65. The molecule has 0 heterocycles. The number of esters is 2. The lowest BCUT2D eigenvalue weighted by molar-refractivity contribution is -0.172. The molecule has 0 aromatic rings. The summed E-state index contributed by atoms with van der Waals surface area (Å²) in [5.41, 5.74) is -1.28. The van der Waals surface area contributed by atoms with E-state index >= 15 is 0 Å². The standard InChI is InChI=1S/C12H22O6/c1-5-12(2,10(13)17-8-6-15-3)11(14)18-9-7-16-4/h5-9H2,1-4H3. The van der Waals surface area contributed by atoms with Gasteiger partial charge < -0.3 is 18.9 Å². The van der Waals surface area contributed by atoms with Crippen LogP contribution >= 0.6 is 0 Å². The van der Waals surface area contributed by atoms with E-state index in [1.807, 2.05) is 0 Å². The lowest BCUT2D eigenvalue weighted by atomic mass is 9.88. The van der Waals surface area contributed by atoms with Crippen LogP contribution in [0, 0.1) is 5.41 Å². The zero-order chi connectivity index (χ0) is 14.0. The van der Waals surface area contributed by atoms with Crippen LogP contribution in [-0.2, 0) is 28.5 Å². The van der Waals surface area contributed by atoms with Gasteiger partial charge in [0, 0.05) is 14.2 Å². The number of rotatable bonds is 9. The van der Waals surface area contributed by atoms with Gasteiger partial charge in [-0.25, -0.2) is 0 Å². The van der Waals surface area contributed by atoms with Crippen LogP contribution in [0.1, 0.15) is 20.3 Å². The maximum absolute atomic E-state index is 11.8. The topological polar surface area (TPSA) is 71.1 Å². The Hall–Kier alpha value is -1.14. The highest BCUT2D eigenvalue weighted by Gasteiger charge is 2.42. The third kappa shape index (κ3) is 5.01. The van der Waals surface area contributed by atoms with Crippen molar-refractivity contribution in [2.75, 3.05) is 40.6 Å². The molecule has 0 N–H and O–H groups in total. The van der Waals surface area contributed by atoms with Gasteiger partial charge in [-0.1, -0.05) is 6.92 Å². The third-order valence-corrected chi connectivity index (χ3v) is 2.65. The van der Waals surface area contributed by atoms with Gasteiger partial charge in [-0.05, 0) is 13.3 Å². The van der Waals surface area contributed by atoms with Gasteiger partial charge in [0.05, 0.1) is 13.2 Å². The molecule has 0 saturated heterocycles. The molecular weight excluding hydrogens is 240 g/mol. The predicted molar refractivity (Wildman–Crippen MR) is 64.1 cm³/mol. The van der Waals surface area contributed by atoms with Gasteiger partial charge in [0.1, 0.15) is 13.2 Å². The van der Waals surface area contributed by atoms with E-state index in [-0.39, 0.29) is 13.2 Å². The Morgan fingerprint density at radius 1 is 0.889 bits per heavy atom. The summed E-state index contributed by atoms with van der Waals surface area (Å²) in [6.07, 6.45) is 0.310. The Morgan fingerprint density at radius 2 is 1.28 bits per heavy atom. The van der Waals surface area contributed by atoms with E-state index < -0.39 is 17.4 Å². The summed E-state index contributed by atoms with van der Waals surface area (Å²) < 4.78 is 19.5. The van der Waals surface area contributed by atoms with Crippen molar-refractivity contribution in [3.8, 4) is 0 Å². The molecule has 0 aromatic heterocycles. The molecule has 0 saturated carbocycles. The Morgan fingerprint density at radius 3 is 1.56 bits per heavy atom. The van der Waals surface area contributed by atoms with Crippen molar-refractivity contribution < 1.29 is 28.5 Å². The molecule has 0 bridgehead atoms. The summed E-state index contributed by atoms with van der Waals surface area (Å²) in [6.45, 7) is 4.08. The molecule has 0 aliphatic rings. The average molecular weight is 262 g/mol. The fraction of sp³-hybridized carbons (Fsp3) is 0.833. The molecule has 0 unspecified atom stereocenters. The molecule has 0 atom stereocenters. The maximum atomic E-state index is 11.8. The van der Waals surface area contributed by atoms with Gasteiger partial charge in [-0.2, -0.15) is 0 Å². The fourth-order valence-electron chi connectivity index (χ4n) is 1.13. The summed E-state index contributed by atoms with van der Waals surface area (Å²) >= 11 is 0. The molecule has 0 amide bonds. The lowest BCUT2D eigenvalue weighted by Crippen LogP contribution is -2.39. The molecular formula is C12H22O6. The summed E-state index contributed by atoms with van der Waals surface area (Å²) in [5, 5.41) is 0. The Balaban J connectivity index is 4.37. The second-order valence-corrected chi connectivity index (χ2v) is 3.94. The quantitative estimate of drug-likeness (QED) is 0.347. The van der Waals surface area contributed by atoms with Crippen molar-refractivity contribution in [1.82, 2.24) is 0 Å². The average Bonchev–Trinajstić information content (AvgIpc) is 2.38. The molecule has 0 fully saturated rings. The monoisotopic (exact) mass is 262 g/mol. The van der Waals surface area contributed by atoms with E-state index in [4.69, 9.17) is 18.9 Å². The SMILES string of the molecule is CCC(C)(C(=O)OCCOC)C(=O)OCCOC. The van der Waals surface area contributed by atoms with Crippen LogP contribution in [0.2, 0.25) is 0 Å². The van der Waals surface area contributed by atoms with Crippen LogP contribution in [0.25, 0.3) is 0 Å². The summed E-state index contributed by atoms with van der Waals surface area (Å²) in [5.74, 6) is -1.19. The van der Waals surface area contributed by atoms with Crippen molar-refractivity contribution in [2.45, 2.75) is 20.3 Å². The van der Waals surface area contributed by atoms with Crippen LogP contribution in [0.15, 0.2) is 0 Å². The lowest BCUT2D eigenvalue weighted by Gasteiger charge is -2.23. The van der Waals surface area contributed by atoms with E-state index in [0.29, 0.717) is 19.6 Å². The first-order valence-electron chi connectivity index (χ1n) is 5.85. The molecule has 0 radical (unpaired) electrons. The minimum Gasteiger partial charge on any atom is -0.462 e. The van der Waals surface area contributed by atoms with E-state index in [0.717, 1.165) is 0 Å². The van der Waals surface area contributed by atoms with Crippen LogP contribution < -0.4 is 0 Å². The van der Waals surface area contributed by atoms with Crippen LogP contribution in [0.3, 0.4) is 0 Å². The number of carbonyl (C=O) groups excluding carboxylic acids is 2. The predicted octanol–water partition coefficient (Wildman–Crippen LogP) is 0.782. The molecule has 0 rings (SSSR count). The number of ether oxygens (including phenoxy) is 4. The van der Waals surface area contributed by atoms with Gasteiger partial charge in [0.15, 0.2) is 5.41 Å². The first-order valence-corrected chi connectivity index (χ1v) is 5.85. The Labute approximate surface area is 108 Å². The van der Waals surface area contributed by atoms with Crippen LogP contribution in [0.4, 0.5) is 0 Å². The second kappa shape index (κ2) is 8.88. The Bertz CT molecular complexity index is 241. The zero-order valence-electron chi connectivity index (χ0n) is 11.5. The minimum absolute atomic E-state index is 0.121. The summed E-state index contributed by atoms with van der Waals surface area (Å²) in [7, 11) is 3.01. The van der Waals surface area contributed by atoms with Crippen molar-refractivity contribution >= 4 is 11.9 Å². The van der Waals surface area contributed by atoms with Gasteiger partial charge in [-0.15, -0.1) is 0 Å². The normalized spacial score (nSPS) is 11.1. The highest BCUT2D eigenvalue weighted by Crippen LogP contribution is 2.25. The second-order valence-electron chi connectivity index (χ2n) is 3.94. The molecule has 6 heteroatoms. The van der Waals surface area contributed by atoms with Crippen molar-refractivity contribution in [1.29, 1.82) is 0 Å². The molecule has 18 heavy (non-hydrogen) atoms. The van der Waals surface area contributed by atoms with Gasteiger partial charge in [0.25, 0.3) is 0 Å². The minimum atomic E-state index is -1.28. The summed E-state index contributed by atoms with van der Waals surface area (Å²) in [6, 6.07) is 0. The van der Waals surface area contributed by atoms with Crippen molar-refractivity contribution in [3.63, 3.8) is 0 Å². The van der Waals surface area contributed by atoms with E-state index in [2.05, 4.69) is 0 Å². The number of carbonyl (C=O) groups is 2. The van der Waals surface area contributed by atoms with E-state index in [9.17, 15) is 9.59 Å². The van der Waals surface area contributed by atoms with Gasteiger partial charge in [0.2, 0.25) is 0 Å². The first-order chi connectivity index (χ1) is 8.52. The van der Waals surface area contributed by atoms with Crippen LogP contribution in [0.5, 0.6) is 0 Å². The Kier molecular flexibility index (Phi) is 8.32. The van der Waals surface area contributed by atoms with Gasteiger partial charge >= 0.3 is 11.9 Å². The molecule has 0 aromatic carbocycles. The zero-order valence-corrected chi connectivity index (χ0v) is 11.5. The maximum Gasteiger partial charge on any atom is 0.323 e. The van der Waals surface area contributed by atoms with Gasteiger partial charge in [-0.3, -0.25) is 9.59 Å².